The predicted octanol–water partition coefficient (Wildman–Crippen LogP) is -1.70. The summed E-state index contributed by atoms with van der Waals surface area (Å²) < 4.78 is 4.63. The molecule has 0 aliphatic rings. The second kappa shape index (κ2) is 5.21. The van der Waals surface area contributed by atoms with Gasteiger partial charge in [-0.2, -0.15) is 0 Å². The Hall–Kier alpha value is -0.490. The quantitative estimate of drug-likeness (QED) is 0.467. The Morgan fingerprint density at radius 3 is 2.25 bits per heavy atom. The number of ether oxygens (including phenoxy) is 1. The van der Waals surface area contributed by atoms with Gasteiger partial charge < -0.3 is 20.1 Å². The molecule has 0 unspecified atom stereocenters. The van der Waals surface area contributed by atoms with Crippen LogP contribution in [0.5, 0.6) is 0 Å². The summed E-state index contributed by atoms with van der Waals surface area (Å²) in [7, 11) is 1.25. The SMILES string of the molecule is CO[C@@H](C(=O)[C@H](O)CO)[C@@H](C)O. The van der Waals surface area contributed by atoms with Gasteiger partial charge in [-0.15, -0.1) is 0 Å². The van der Waals surface area contributed by atoms with Crippen molar-refractivity contribution in [3.63, 3.8) is 0 Å². The molecule has 0 saturated carbocycles. The van der Waals surface area contributed by atoms with Gasteiger partial charge in [-0.1, -0.05) is 0 Å². The van der Waals surface area contributed by atoms with Crippen molar-refractivity contribution < 1.29 is 24.9 Å². The molecule has 72 valence electrons. The van der Waals surface area contributed by atoms with Gasteiger partial charge in [0.15, 0.2) is 5.78 Å². The summed E-state index contributed by atoms with van der Waals surface area (Å²) >= 11 is 0. The van der Waals surface area contributed by atoms with Crippen molar-refractivity contribution in [2.24, 2.45) is 0 Å². The topological polar surface area (TPSA) is 87.0 Å². The Morgan fingerprint density at radius 1 is 1.50 bits per heavy atom. The third-order valence-electron chi connectivity index (χ3n) is 1.47. The minimum absolute atomic E-state index is 0.661. The first-order valence-corrected chi connectivity index (χ1v) is 3.58. The first kappa shape index (κ1) is 11.5. The van der Waals surface area contributed by atoms with Crippen molar-refractivity contribution in [2.75, 3.05) is 13.7 Å². The van der Waals surface area contributed by atoms with Crippen LogP contribution in [-0.2, 0) is 9.53 Å². The van der Waals surface area contributed by atoms with E-state index in [0.29, 0.717) is 0 Å². The monoisotopic (exact) mass is 178 g/mol. The number of carbonyl (C=O) groups is 1. The van der Waals surface area contributed by atoms with Crippen LogP contribution in [0.3, 0.4) is 0 Å². The van der Waals surface area contributed by atoms with Crippen LogP contribution in [0.15, 0.2) is 0 Å². The highest BCUT2D eigenvalue weighted by atomic mass is 16.5. The largest absolute Gasteiger partial charge is 0.393 e. The summed E-state index contributed by atoms with van der Waals surface area (Å²) in [5.74, 6) is -0.713. The number of carbonyl (C=O) groups excluding carboxylic acids is 1. The van der Waals surface area contributed by atoms with Gasteiger partial charge in [-0.3, -0.25) is 4.79 Å². The van der Waals surface area contributed by atoms with Gasteiger partial charge >= 0.3 is 0 Å². The Balaban J connectivity index is 4.21. The first-order valence-electron chi connectivity index (χ1n) is 3.58. The maximum atomic E-state index is 11.1. The highest BCUT2D eigenvalue weighted by Crippen LogP contribution is 2.02. The lowest BCUT2D eigenvalue weighted by atomic mass is 10.1. The molecule has 0 aliphatic heterocycles. The van der Waals surface area contributed by atoms with Crippen LogP contribution in [0.25, 0.3) is 0 Å². The van der Waals surface area contributed by atoms with Crippen molar-refractivity contribution in [3.8, 4) is 0 Å². The number of rotatable bonds is 5. The lowest BCUT2D eigenvalue weighted by molar-refractivity contribution is -0.145. The van der Waals surface area contributed by atoms with E-state index in [1.807, 2.05) is 0 Å². The molecule has 12 heavy (non-hydrogen) atoms. The molecule has 0 aliphatic carbocycles. The van der Waals surface area contributed by atoms with Crippen LogP contribution in [0.4, 0.5) is 0 Å². The molecule has 3 atom stereocenters. The number of methoxy groups -OCH3 is 1. The van der Waals surface area contributed by atoms with Gasteiger partial charge in [0.2, 0.25) is 0 Å². The van der Waals surface area contributed by atoms with Crippen molar-refractivity contribution in [1.29, 1.82) is 0 Å². The minimum atomic E-state index is -1.48. The highest BCUT2D eigenvalue weighted by molar-refractivity contribution is 5.87. The number of aliphatic hydroxyl groups is 3. The van der Waals surface area contributed by atoms with Gasteiger partial charge in [0.05, 0.1) is 12.7 Å². The van der Waals surface area contributed by atoms with E-state index in [1.165, 1.54) is 14.0 Å². The van der Waals surface area contributed by atoms with E-state index in [-0.39, 0.29) is 0 Å². The zero-order valence-corrected chi connectivity index (χ0v) is 7.10. The standard InChI is InChI=1S/C7H14O5/c1-4(9)7(12-2)6(11)5(10)3-8/h4-5,7-10H,3H2,1-2H3/t4-,5-,7-/m1/s1. The molecule has 0 rings (SSSR count). The van der Waals surface area contributed by atoms with Crippen molar-refractivity contribution in [1.82, 2.24) is 0 Å². The summed E-state index contributed by atoms with van der Waals surface area (Å²) in [6.45, 7) is 0.710. The van der Waals surface area contributed by atoms with Gasteiger partial charge in [-0.05, 0) is 6.92 Å². The van der Waals surface area contributed by atoms with Crippen LogP contribution in [0.1, 0.15) is 6.92 Å². The van der Waals surface area contributed by atoms with E-state index in [2.05, 4.69) is 4.74 Å². The highest BCUT2D eigenvalue weighted by Gasteiger charge is 2.28. The number of aliphatic hydroxyl groups excluding tert-OH is 3. The summed E-state index contributed by atoms with van der Waals surface area (Å²) in [6, 6.07) is 0. The van der Waals surface area contributed by atoms with Gasteiger partial charge in [0, 0.05) is 7.11 Å². The normalized spacial score (nSPS) is 18.4. The molecule has 0 heterocycles. The van der Waals surface area contributed by atoms with Crippen LogP contribution in [0.2, 0.25) is 0 Å². The molecular weight excluding hydrogens is 164 g/mol. The molecule has 0 saturated heterocycles. The van der Waals surface area contributed by atoms with Gasteiger partial charge in [-0.25, -0.2) is 0 Å². The molecule has 0 bridgehead atoms. The molecule has 3 N–H and O–H groups in total. The smallest absolute Gasteiger partial charge is 0.194 e. The van der Waals surface area contributed by atoms with Crippen molar-refractivity contribution in [3.05, 3.63) is 0 Å². The number of hydrogen-bond donors (Lipinski definition) is 3. The van der Waals surface area contributed by atoms with Crippen LogP contribution >= 0.6 is 0 Å². The molecule has 5 nitrogen and oxygen atoms in total. The van der Waals surface area contributed by atoms with E-state index < -0.39 is 30.7 Å². The maximum absolute atomic E-state index is 11.1. The summed E-state index contributed by atoms with van der Waals surface area (Å²) in [6.07, 6.45) is -3.56. The molecule has 0 aromatic carbocycles. The fourth-order valence-corrected chi connectivity index (χ4v) is 0.830. The summed E-state index contributed by atoms with van der Waals surface area (Å²) in [5.41, 5.74) is 0. The molecule has 0 fully saturated rings. The van der Waals surface area contributed by atoms with E-state index in [4.69, 9.17) is 15.3 Å². The molecular formula is C7H14O5. The Labute approximate surface area is 70.6 Å². The number of Topliss-reactive ketones (excluding diaryl/α,β-unsaturated/α-hetero) is 1. The fraction of sp³-hybridized carbons (Fsp3) is 0.857. The van der Waals surface area contributed by atoms with Crippen molar-refractivity contribution in [2.45, 2.75) is 25.2 Å². The second-order valence-corrected chi connectivity index (χ2v) is 2.50. The number of hydrogen-bond acceptors (Lipinski definition) is 5. The predicted molar refractivity (Wildman–Crippen MR) is 40.6 cm³/mol. The minimum Gasteiger partial charge on any atom is -0.393 e. The van der Waals surface area contributed by atoms with E-state index in [0.717, 1.165) is 0 Å². The summed E-state index contributed by atoms with van der Waals surface area (Å²) in [4.78, 5) is 11.1. The average Bonchev–Trinajstić information content (AvgIpc) is 2.03. The molecule has 0 amide bonds. The third kappa shape index (κ3) is 2.86. The maximum Gasteiger partial charge on any atom is 0.194 e. The summed E-state index contributed by atoms with van der Waals surface area (Å²) in [5, 5.41) is 26.3. The Kier molecular flexibility index (Phi) is 5.00. The Bertz CT molecular complexity index is 145. The molecule has 0 aromatic rings. The first-order chi connectivity index (χ1) is 5.54. The lowest BCUT2D eigenvalue weighted by Gasteiger charge is -2.18. The fourth-order valence-electron chi connectivity index (χ4n) is 0.830. The van der Waals surface area contributed by atoms with E-state index in [9.17, 15) is 4.79 Å². The van der Waals surface area contributed by atoms with Crippen LogP contribution < -0.4 is 0 Å². The molecule has 5 heteroatoms. The van der Waals surface area contributed by atoms with Gasteiger partial charge in [0.25, 0.3) is 0 Å². The second-order valence-electron chi connectivity index (χ2n) is 2.50. The van der Waals surface area contributed by atoms with Gasteiger partial charge in [0.1, 0.15) is 12.2 Å². The zero-order chi connectivity index (χ0) is 9.72. The van der Waals surface area contributed by atoms with Crippen molar-refractivity contribution >= 4 is 5.78 Å². The molecule has 0 aromatic heterocycles. The lowest BCUT2D eigenvalue weighted by Crippen LogP contribution is -2.41. The number of ketones is 1. The Morgan fingerprint density at radius 2 is 2.00 bits per heavy atom. The molecule has 0 spiro atoms. The third-order valence-corrected chi connectivity index (χ3v) is 1.47. The van der Waals surface area contributed by atoms with E-state index >= 15 is 0 Å². The van der Waals surface area contributed by atoms with Crippen LogP contribution in [0, 0.1) is 0 Å². The molecule has 0 radical (unpaired) electrons. The van der Waals surface area contributed by atoms with E-state index in [1.54, 1.807) is 0 Å². The average molecular weight is 178 g/mol. The zero-order valence-electron chi connectivity index (χ0n) is 7.10. The van der Waals surface area contributed by atoms with Crippen LogP contribution in [-0.4, -0.2) is 53.1 Å².